The fraction of sp³-hybridized carbons (Fsp3) is 0.200. The van der Waals surface area contributed by atoms with Gasteiger partial charge in [0.15, 0.2) is 0 Å². The molecule has 5 nitrogen and oxygen atoms in total. The lowest BCUT2D eigenvalue weighted by Gasteiger charge is -2.10. The number of benzene rings is 2. The number of amides is 1. The van der Waals surface area contributed by atoms with E-state index in [1.165, 1.54) is 13.3 Å². The number of anilines is 1. The summed E-state index contributed by atoms with van der Waals surface area (Å²) in [5, 5.41) is 15.6. The van der Waals surface area contributed by atoms with Crippen LogP contribution < -0.4 is 15.4 Å². The van der Waals surface area contributed by atoms with Gasteiger partial charge in [-0.05, 0) is 48.7 Å². The molecule has 2 rings (SSSR count). The van der Waals surface area contributed by atoms with Crippen molar-refractivity contribution in [2.75, 3.05) is 19.0 Å². The fourth-order valence-corrected chi connectivity index (χ4v) is 2.55. The van der Waals surface area contributed by atoms with Gasteiger partial charge in [-0.15, -0.1) is 0 Å². The second kappa shape index (κ2) is 9.50. The molecule has 134 valence electrons. The quantitative estimate of drug-likeness (QED) is 0.442. The summed E-state index contributed by atoms with van der Waals surface area (Å²) in [6.45, 7) is 2.49. The second-order valence-electron chi connectivity index (χ2n) is 5.66. The summed E-state index contributed by atoms with van der Waals surface area (Å²) in [6.07, 6.45) is 2.14. The zero-order valence-electron chi connectivity index (χ0n) is 14.7. The Morgan fingerprint density at radius 2 is 2.12 bits per heavy atom. The zero-order chi connectivity index (χ0) is 18.9. The molecule has 0 aliphatic rings. The topological polar surface area (TPSA) is 74.1 Å². The Hall–Kier alpha value is -2.97. The molecule has 0 fully saturated rings. The number of halogens is 1. The summed E-state index contributed by atoms with van der Waals surface area (Å²) < 4.78 is 5.23. The van der Waals surface area contributed by atoms with Crippen molar-refractivity contribution in [3.8, 4) is 11.8 Å². The molecule has 2 aromatic rings. The minimum Gasteiger partial charge on any atom is -0.495 e. The fourth-order valence-electron chi connectivity index (χ4n) is 2.34. The van der Waals surface area contributed by atoms with Crippen molar-refractivity contribution in [3.05, 3.63) is 70.4 Å². The monoisotopic (exact) mass is 369 g/mol. The van der Waals surface area contributed by atoms with Crippen molar-refractivity contribution in [1.29, 1.82) is 5.26 Å². The largest absolute Gasteiger partial charge is 0.495 e. The molecule has 0 saturated heterocycles. The van der Waals surface area contributed by atoms with Crippen molar-refractivity contribution in [2.45, 2.75) is 13.3 Å². The molecule has 6 heteroatoms. The normalized spacial score (nSPS) is 10.8. The molecule has 0 saturated carbocycles. The van der Waals surface area contributed by atoms with E-state index in [-0.39, 0.29) is 5.57 Å². The van der Waals surface area contributed by atoms with E-state index >= 15 is 0 Å². The van der Waals surface area contributed by atoms with Crippen LogP contribution in [0.4, 0.5) is 5.69 Å². The molecular weight excluding hydrogens is 350 g/mol. The number of carbonyl (C=O) groups excluding carboxylic acids is 1. The Morgan fingerprint density at radius 3 is 2.81 bits per heavy atom. The van der Waals surface area contributed by atoms with Gasteiger partial charge < -0.3 is 15.4 Å². The molecule has 0 atom stereocenters. The summed E-state index contributed by atoms with van der Waals surface area (Å²) in [7, 11) is 1.53. The van der Waals surface area contributed by atoms with Crippen molar-refractivity contribution < 1.29 is 9.53 Å². The Kier molecular flexibility index (Phi) is 7.07. The van der Waals surface area contributed by atoms with E-state index in [0.717, 1.165) is 17.5 Å². The highest BCUT2D eigenvalue weighted by atomic mass is 35.5. The van der Waals surface area contributed by atoms with Crippen LogP contribution in [0.5, 0.6) is 5.75 Å². The number of nitrogens with zero attached hydrogens (tertiary/aromatic N) is 1. The van der Waals surface area contributed by atoms with Crippen LogP contribution in [0.15, 0.2) is 54.2 Å². The number of ether oxygens (including phenoxy) is 1. The molecule has 0 unspecified atom stereocenters. The maximum Gasteiger partial charge on any atom is 0.267 e. The number of hydrogen-bond acceptors (Lipinski definition) is 4. The number of carbonyl (C=O) groups is 1. The van der Waals surface area contributed by atoms with E-state index in [9.17, 15) is 10.1 Å². The van der Waals surface area contributed by atoms with Crippen LogP contribution in [-0.2, 0) is 11.2 Å². The van der Waals surface area contributed by atoms with Crippen LogP contribution in [0, 0.1) is 18.3 Å². The third kappa shape index (κ3) is 5.54. The van der Waals surface area contributed by atoms with E-state index in [2.05, 4.69) is 10.6 Å². The first-order valence-electron chi connectivity index (χ1n) is 8.07. The smallest absolute Gasteiger partial charge is 0.267 e. The number of hydrogen-bond donors (Lipinski definition) is 2. The lowest BCUT2D eigenvalue weighted by molar-refractivity contribution is -0.112. The maximum atomic E-state index is 12.3. The number of rotatable bonds is 7. The highest BCUT2D eigenvalue weighted by Gasteiger charge is 2.12. The Labute approximate surface area is 158 Å². The van der Waals surface area contributed by atoms with Crippen LogP contribution in [-0.4, -0.2) is 19.6 Å². The van der Waals surface area contributed by atoms with Crippen molar-refractivity contribution >= 4 is 23.2 Å². The van der Waals surface area contributed by atoms with Gasteiger partial charge in [-0.3, -0.25) is 4.79 Å². The van der Waals surface area contributed by atoms with Gasteiger partial charge in [0.1, 0.15) is 17.4 Å². The van der Waals surface area contributed by atoms with E-state index in [4.69, 9.17) is 16.3 Å². The molecule has 2 N–H and O–H groups in total. The molecule has 0 aliphatic heterocycles. The predicted octanol–water partition coefficient (Wildman–Crippen LogP) is 3.84. The van der Waals surface area contributed by atoms with E-state index in [1.807, 2.05) is 43.3 Å². The zero-order valence-corrected chi connectivity index (χ0v) is 15.4. The van der Waals surface area contributed by atoms with Gasteiger partial charge in [0.2, 0.25) is 0 Å². The number of nitriles is 1. The average Bonchev–Trinajstić information content (AvgIpc) is 2.62. The van der Waals surface area contributed by atoms with Gasteiger partial charge in [-0.25, -0.2) is 0 Å². The lowest BCUT2D eigenvalue weighted by atomic mass is 10.1. The van der Waals surface area contributed by atoms with Crippen LogP contribution in [0.1, 0.15) is 11.1 Å². The van der Waals surface area contributed by atoms with Gasteiger partial charge in [-0.1, -0.05) is 29.8 Å². The molecule has 0 aromatic heterocycles. The number of aryl methyl sites for hydroxylation is 1. The van der Waals surface area contributed by atoms with E-state index in [0.29, 0.717) is 23.0 Å². The van der Waals surface area contributed by atoms with Crippen LogP contribution in [0.2, 0.25) is 5.02 Å². The Bertz CT molecular complexity index is 856. The third-order valence-corrected chi connectivity index (χ3v) is 3.90. The number of methoxy groups -OCH3 is 1. The van der Waals surface area contributed by atoms with Gasteiger partial charge in [-0.2, -0.15) is 5.26 Å². The first-order valence-corrected chi connectivity index (χ1v) is 8.45. The summed E-state index contributed by atoms with van der Waals surface area (Å²) in [5.41, 5.74) is 2.56. The molecule has 0 radical (unpaired) electrons. The number of nitrogens with one attached hydrogen (secondary N) is 2. The molecule has 26 heavy (non-hydrogen) atoms. The third-order valence-electron chi connectivity index (χ3n) is 3.66. The summed E-state index contributed by atoms with van der Waals surface area (Å²) in [6, 6.07) is 14.9. The second-order valence-corrected chi connectivity index (χ2v) is 6.10. The van der Waals surface area contributed by atoms with E-state index in [1.54, 1.807) is 12.1 Å². The standard InChI is InChI=1S/C20H20ClN3O2/c1-14-6-7-19(26-2)18(10-14)24-20(25)16(12-22)13-23-9-8-15-4-3-5-17(21)11-15/h3-7,10-11,13,23H,8-9H2,1-2H3,(H,24,25)/b16-13-. The molecule has 0 bridgehead atoms. The lowest BCUT2D eigenvalue weighted by Crippen LogP contribution is -2.18. The predicted molar refractivity (Wildman–Crippen MR) is 103 cm³/mol. The first kappa shape index (κ1) is 19.4. The Morgan fingerprint density at radius 1 is 1.31 bits per heavy atom. The molecule has 0 heterocycles. The van der Waals surface area contributed by atoms with Crippen LogP contribution in [0.25, 0.3) is 0 Å². The molecule has 2 aromatic carbocycles. The Balaban J connectivity index is 1.97. The summed E-state index contributed by atoms with van der Waals surface area (Å²) in [5.74, 6) is 0.0433. The van der Waals surface area contributed by atoms with Gasteiger partial charge in [0.25, 0.3) is 5.91 Å². The molecule has 0 aliphatic carbocycles. The highest BCUT2D eigenvalue weighted by molar-refractivity contribution is 6.30. The van der Waals surface area contributed by atoms with Crippen LogP contribution in [0.3, 0.4) is 0 Å². The van der Waals surface area contributed by atoms with Crippen molar-refractivity contribution in [2.24, 2.45) is 0 Å². The van der Waals surface area contributed by atoms with Gasteiger partial charge in [0, 0.05) is 17.8 Å². The van der Waals surface area contributed by atoms with Gasteiger partial charge >= 0.3 is 0 Å². The van der Waals surface area contributed by atoms with Crippen molar-refractivity contribution in [3.63, 3.8) is 0 Å². The average molecular weight is 370 g/mol. The van der Waals surface area contributed by atoms with Crippen molar-refractivity contribution in [1.82, 2.24) is 5.32 Å². The van der Waals surface area contributed by atoms with Crippen LogP contribution >= 0.6 is 11.6 Å². The molecule has 0 spiro atoms. The van der Waals surface area contributed by atoms with Gasteiger partial charge in [0.05, 0.1) is 12.8 Å². The highest BCUT2D eigenvalue weighted by Crippen LogP contribution is 2.25. The minimum atomic E-state index is -0.494. The minimum absolute atomic E-state index is 0.0142. The van der Waals surface area contributed by atoms with E-state index < -0.39 is 5.91 Å². The summed E-state index contributed by atoms with van der Waals surface area (Å²) in [4.78, 5) is 12.3. The molecule has 1 amide bonds. The molecular formula is C20H20ClN3O2. The first-order chi connectivity index (χ1) is 12.5. The SMILES string of the molecule is COc1ccc(C)cc1NC(=O)/C(C#N)=C\NCCc1cccc(Cl)c1. The summed E-state index contributed by atoms with van der Waals surface area (Å²) >= 11 is 5.95. The maximum absolute atomic E-state index is 12.3.